The first-order chi connectivity index (χ1) is 8.24. The number of thioether (sulfide) groups is 1. The molecule has 1 rings (SSSR count). The van der Waals surface area contributed by atoms with E-state index in [0.29, 0.717) is 5.16 Å². The van der Waals surface area contributed by atoms with Gasteiger partial charge in [-0.1, -0.05) is 11.8 Å². The van der Waals surface area contributed by atoms with Crippen molar-refractivity contribution in [2.45, 2.75) is 38.0 Å². The molecule has 0 spiro atoms. The minimum Gasteiger partial charge on any atom is -0.481 e. The van der Waals surface area contributed by atoms with Crippen molar-refractivity contribution in [1.29, 1.82) is 0 Å². The highest BCUT2D eigenvalue weighted by Gasteiger charge is 2.24. The molecule has 102 valence electrons. The Balaban J connectivity index is 2.87. The molecule has 1 aromatic rings. The Morgan fingerprint density at radius 1 is 1.44 bits per heavy atom. The van der Waals surface area contributed by atoms with Crippen LogP contribution in [0.4, 0.5) is 0 Å². The maximum atomic E-state index is 10.6. The van der Waals surface area contributed by atoms with Gasteiger partial charge in [-0.3, -0.25) is 4.79 Å². The Labute approximate surface area is 111 Å². The van der Waals surface area contributed by atoms with E-state index in [1.54, 1.807) is 0 Å². The summed E-state index contributed by atoms with van der Waals surface area (Å²) in [6.07, 6.45) is 0. The number of aliphatic carboxylic acids is 1. The van der Waals surface area contributed by atoms with Crippen LogP contribution in [0.25, 0.3) is 0 Å². The van der Waals surface area contributed by atoms with Crippen LogP contribution in [0, 0.1) is 6.92 Å². The summed E-state index contributed by atoms with van der Waals surface area (Å²) < 4.78 is 1.97. The van der Waals surface area contributed by atoms with E-state index in [9.17, 15) is 4.79 Å². The summed E-state index contributed by atoms with van der Waals surface area (Å²) in [6.45, 7) is 6.85. The fourth-order valence-corrected chi connectivity index (χ4v) is 2.01. The predicted molar refractivity (Wildman–Crippen MR) is 70.9 cm³/mol. The molecule has 0 fully saturated rings. The van der Waals surface area contributed by atoms with Crippen LogP contribution in [0.2, 0.25) is 0 Å². The van der Waals surface area contributed by atoms with Gasteiger partial charge < -0.3 is 14.6 Å². The number of aryl methyl sites for hydroxylation is 1. The molecular formula is C11H20N4O2S. The summed E-state index contributed by atoms with van der Waals surface area (Å²) in [5.74, 6) is -0.0440. The van der Waals surface area contributed by atoms with E-state index in [-0.39, 0.29) is 11.3 Å². The number of carbonyl (C=O) groups is 1. The number of likely N-dealkylation sites (N-methyl/N-ethyl adjacent to an activating group) is 1. The molecule has 1 heterocycles. The van der Waals surface area contributed by atoms with Crippen molar-refractivity contribution in [2.24, 2.45) is 0 Å². The highest BCUT2D eigenvalue weighted by Crippen LogP contribution is 2.21. The van der Waals surface area contributed by atoms with Gasteiger partial charge in [0.1, 0.15) is 5.82 Å². The Morgan fingerprint density at radius 3 is 2.56 bits per heavy atom. The van der Waals surface area contributed by atoms with E-state index >= 15 is 0 Å². The average Bonchev–Trinajstić information content (AvgIpc) is 2.57. The fourth-order valence-electron chi connectivity index (χ4n) is 1.30. The molecule has 1 N–H and O–H groups in total. The van der Waals surface area contributed by atoms with Crippen LogP contribution < -0.4 is 0 Å². The molecule has 18 heavy (non-hydrogen) atoms. The monoisotopic (exact) mass is 272 g/mol. The minimum absolute atomic E-state index is 0.000522. The quantitative estimate of drug-likeness (QED) is 0.782. The normalized spacial score (nSPS) is 12.1. The number of hydrogen-bond acceptors (Lipinski definition) is 5. The van der Waals surface area contributed by atoms with Crippen molar-refractivity contribution < 1.29 is 9.90 Å². The number of rotatable bonds is 6. The summed E-state index contributed by atoms with van der Waals surface area (Å²) in [7, 11) is 4.04. The van der Waals surface area contributed by atoms with Gasteiger partial charge in [-0.2, -0.15) is 0 Å². The predicted octanol–water partition coefficient (Wildman–Crippen LogP) is 1.10. The first kappa shape index (κ1) is 15.0. The van der Waals surface area contributed by atoms with Gasteiger partial charge in [0.15, 0.2) is 5.16 Å². The molecule has 0 saturated heterocycles. The lowest BCUT2D eigenvalue weighted by molar-refractivity contribution is -0.133. The Hall–Kier alpha value is -1.08. The molecule has 0 aliphatic heterocycles. The average molecular weight is 272 g/mol. The van der Waals surface area contributed by atoms with Crippen LogP contribution in [0.5, 0.6) is 0 Å². The molecule has 0 atom stereocenters. The van der Waals surface area contributed by atoms with E-state index in [0.717, 1.165) is 12.4 Å². The number of aromatic nitrogens is 3. The van der Waals surface area contributed by atoms with Crippen LogP contribution in [0.3, 0.4) is 0 Å². The summed E-state index contributed by atoms with van der Waals surface area (Å²) in [5.41, 5.74) is -0.0499. The lowest BCUT2D eigenvalue weighted by atomic mass is 10.0. The van der Waals surface area contributed by atoms with Crippen molar-refractivity contribution >= 4 is 17.7 Å². The van der Waals surface area contributed by atoms with Gasteiger partial charge in [0, 0.05) is 12.1 Å². The zero-order valence-electron chi connectivity index (χ0n) is 11.5. The molecule has 0 aliphatic carbocycles. The molecule has 7 heteroatoms. The largest absolute Gasteiger partial charge is 0.481 e. The van der Waals surface area contributed by atoms with Crippen molar-refractivity contribution in [3.8, 4) is 0 Å². The van der Waals surface area contributed by atoms with Crippen molar-refractivity contribution in [3.05, 3.63) is 5.82 Å². The molecule has 0 aliphatic rings. The van der Waals surface area contributed by atoms with Crippen LogP contribution in [0.15, 0.2) is 5.16 Å². The summed E-state index contributed by atoms with van der Waals surface area (Å²) in [6, 6.07) is 0. The zero-order chi connectivity index (χ0) is 13.9. The van der Waals surface area contributed by atoms with E-state index in [1.165, 1.54) is 11.8 Å². The molecule has 0 bridgehead atoms. The third kappa shape index (κ3) is 3.71. The Morgan fingerprint density at radius 2 is 2.06 bits per heavy atom. The Bertz CT molecular complexity index is 429. The molecule has 0 amide bonds. The highest BCUT2D eigenvalue weighted by atomic mass is 32.2. The van der Waals surface area contributed by atoms with E-state index in [1.807, 2.05) is 25.6 Å². The molecule has 0 radical (unpaired) electrons. The standard InChI is InChI=1S/C11H20N4O2S/c1-8-12-13-10(18-6-9(16)17)15(8)7-11(2,3)14(4)5/h6-7H2,1-5H3,(H,16,17). The van der Waals surface area contributed by atoms with Crippen molar-refractivity contribution in [2.75, 3.05) is 19.8 Å². The Kier molecular flexibility index (Phi) is 4.75. The van der Waals surface area contributed by atoms with Gasteiger partial charge in [-0.05, 0) is 34.9 Å². The van der Waals surface area contributed by atoms with Gasteiger partial charge >= 0.3 is 5.97 Å². The fraction of sp³-hybridized carbons (Fsp3) is 0.727. The van der Waals surface area contributed by atoms with Crippen molar-refractivity contribution in [3.63, 3.8) is 0 Å². The molecule has 0 aromatic carbocycles. The second-order valence-corrected chi connectivity index (χ2v) is 5.95. The topological polar surface area (TPSA) is 71.2 Å². The molecule has 1 aromatic heterocycles. The SMILES string of the molecule is Cc1nnc(SCC(=O)O)n1CC(C)(C)N(C)C. The third-order valence-corrected chi connectivity index (χ3v) is 3.93. The molecule has 6 nitrogen and oxygen atoms in total. The first-order valence-corrected chi connectivity index (χ1v) is 6.64. The molecule has 0 saturated carbocycles. The summed E-state index contributed by atoms with van der Waals surface area (Å²) >= 11 is 1.20. The van der Waals surface area contributed by atoms with Gasteiger partial charge in [0.05, 0.1) is 5.75 Å². The smallest absolute Gasteiger partial charge is 0.313 e. The maximum Gasteiger partial charge on any atom is 0.313 e. The first-order valence-electron chi connectivity index (χ1n) is 5.66. The summed E-state index contributed by atoms with van der Waals surface area (Å²) in [5, 5.41) is 17.4. The van der Waals surface area contributed by atoms with E-state index in [4.69, 9.17) is 5.11 Å². The number of carboxylic acids is 1. The van der Waals surface area contributed by atoms with Crippen molar-refractivity contribution in [1.82, 2.24) is 19.7 Å². The lowest BCUT2D eigenvalue weighted by Gasteiger charge is -2.33. The van der Waals surface area contributed by atoms with Crippen LogP contribution >= 0.6 is 11.8 Å². The minimum atomic E-state index is -0.848. The van der Waals surface area contributed by atoms with Gasteiger partial charge in [-0.15, -0.1) is 10.2 Å². The van der Waals surface area contributed by atoms with Crippen LogP contribution in [0.1, 0.15) is 19.7 Å². The number of hydrogen-bond donors (Lipinski definition) is 1. The van der Waals surface area contributed by atoms with E-state index < -0.39 is 5.97 Å². The van der Waals surface area contributed by atoms with E-state index in [2.05, 4.69) is 28.9 Å². The lowest BCUT2D eigenvalue weighted by Crippen LogP contribution is -2.42. The van der Waals surface area contributed by atoms with Gasteiger partial charge in [0.2, 0.25) is 0 Å². The zero-order valence-corrected chi connectivity index (χ0v) is 12.3. The third-order valence-electron chi connectivity index (χ3n) is 2.98. The maximum absolute atomic E-state index is 10.6. The van der Waals surface area contributed by atoms with Gasteiger partial charge in [0.25, 0.3) is 0 Å². The molecule has 0 unspecified atom stereocenters. The van der Waals surface area contributed by atoms with Gasteiger partial charge in [-0.25, -0.2) is 0 Å². The molecular weight excluding hydrogens is 252 g/mol. The van der Waals surface area contributed by atoms with Crippen LogP contribution in [-0.4, -0.2) is 56.1 Å². The second kappa shape index (κ2) is 5.71. The number of nitrogens with zero attached hydrogens (tertiary/aromatic N) is 4. The second-order valence-electron chi connectivity index (χ2n) is 5.01. The summed E-state index contributed by atoms with van der Waals surface area (Å²) in [4.78, 5) is 12.7. The van der Waals surface area contributed by atoms with Crippen LogP contribution in [-0.2, 0) is 11.3 Å². The highest BCUT2D eigenvalue weighted by molar-refractivity contribution is 7.99. The number of carboxylic acid groups (broad SMARTS) is 1.